The number of aryl methyl sites for hydroxylation is 2. The van der Waals surface area contributed by atoms with Gasteiger partial charge < -0.3 is 0 Å². The Kier molecular flexibility index (Phi) is 7.33. The van der Waals surface area contributed by atoms with Gasteiger partial charge in [0, 0.05) is 5.02 Å². The van der Waals surface area contributed by atoms with Gasteiger partial charge in [-0.15, -0.1) is 0 Å². The van der Waals surface area contributed by atoms with Gasteiger partial charge in [0.05, 0.1) is 16.3 Å². The second-order valence-corrected chi connectivity index (χ2v) is 9.65. The van der Waals surface area contributed by atoms with Crippen LogP contribution < -0.4 is 9.73 Å². The van der Waals surface area contributed by atoms with E-state index in [1.54, 1.807) is 68.4 Å². The Hall–Kier alpha value is -3.16. The lowest BCUT2D eigenvalue weighted by Crippen LogP contribution is -2.40. The highest BCUT2D eigenvalue weighted by Crippen LogP contribution is 2.26. The van der Waals surface area contributed by atoms with Gasteiger partial charge in [-0.3, -0.25) is 9.10 Å². The van der Waals surface area contributed by atoms with E-state index in [4.69, 9.17) is 11.6 Å². The highest BCUT2D eigenvalue weighted by Gasteiger charge is 2.28. The first-order valence-electron chi connectivity index (χ1n) is 9.92. The van der Waals surface area contributed by atoms with E-state index in [1.165, 1.54) is 12.1 Å². The summed E-state index contributed by atoms with van der Waals surface area (Å²) in [6.07, 6.45) is 0. The third kappa shape index (κ3) is 5.55. The molecule has 6 nitrogen and oxygen atoms in total. The summed E-state index contributed by atoms with van der Waals surface area (Å²) in [4.78, 5) is 12.8. The maximum Gasteiger partial charge on any atom is 0.264 e. The number of hydrogen-bond acceptors (Lipinski definition) is 4. The van der Waals surface area contributed by atoms with Gasteiger partial charge in [0.2, 0.25) is 0 Å². The molecule has 0 aliphatic carbocycles. The molecule has 0 saturated carbocycles. The SMILES string of the molecule is C/C(=N\NC(=O)CN(c1ccccc1C)S(=O)(=O)c1ccc(C)cc1)c1ccc(Cl)cc1. The summed E-state index contributed by atoms with van der Waals surface area (Å²) in [5.74, 6) is -0.558. The molecular formula is C24H24ClN3O3S. The minimum atomic E-state index is -3.97. The van der Waals surface area contributed by atoms with Crippen LogP contribution in [-0.2, 0) is 14.8 Å². The van der Waals surface area contributed by atoms with Crippen molar-refractivity contribution in [3.8, 4) is 0 Å². The first kappa shape index (κ1) is 23.5. The van der Waals surface area contributed by atoms with E-state index >= 15 is 0 Å². The second-order valence-electron chi connectivity index (χ2n) is 7.35. The molecule has 32 heavy (non-hydrogen) atoms. The summed E-state index contributed by atoms with van der Waals surface area (Å²) in [5, 5.41) is 4.71. The number of amides is 1. The first-order valence-corrected chi connectivity index (χ1v) is 11.7. The number of para-hydroxylation sites is 1. The summed E-state index contributed by atoms with van der Waals surface area (Å²) in [6.45, 7) is 5.00. The zero-order chi connectivity index (χ0) is 23.3. The molecule has 0 saturated heterocycles. The quantitative estimate of drug-likeness (QED) is 0.402. The number of hydrogen-bond donors (Lipinski definition) is 1. The number of anilines is 1. The third-order valence-corrected chi connectivity index (χ3v) is 6.92. The maximum atomic E-state index is 13.4. The third-order valence-electron chi connectivity index (χ3n) is 4.89. The number of rotatable bonds is 7. The van der Waals surface area contributed by atoms with Crippen molar-refractivity contribution in [2.45, 2.75) is 25.7 Å². The summed E-state index contributed by atoms with van der Waals surface area (Å²) < 4.78 is 27.9. The molecule has 8 heteroatoms. The van der Waals surface area contributed by atoms with E-state index in [1.807, 2.05) is 13.0 Å². The molecule has 0 radical (unpaired) electrons. The smallest absolute Gasteiger partial charge is 0.264 e. The largest absolute Gasteiger partial charge is 0.271 e. The number of halogens is 1. The Morgan fingerprint density at radius 2 is 1.59 bits per heavy atom. The minimum Gasteiger partial charge on any atom is -0.271 e. The van der Waals surface area contributed by atoms with Gasteiger partial charge >= 0.3 is 0 Å². The molecule has 0 fully saturated rings. The zero-order valence-corrected chi connectivity index (χ0v) is 19.6. The molecule has 3 aromatic carbocycles. The number of sulfonamides is 1. The second kappa shape index (κ2) is 9.97. The summed E-state index contributed by atoms with van der Waals surface area (Å²) in [6, 6.07) is 20.6. The topological polar surface area (TPSA) is 78.8 Å². The number of hydrazone groups is 1. The molecule has 3 rings (SSSR count). The van der Waals surface area contributed by atoms with Crippen LogP contribution in [0.3, 0.4) is 0 Å². The molecule has 166 valence electrons. The van der Waals surface area contributed by atoms with E-state index in [0.29, 0.717) is 16.4 Å². The van der Waals surface area contributed by atoms with Crippen molar-refractivity contribution in [1.82, 2.24) is 5.43 Å². The monoisotopic (exact) mass is 469 g/mol. The van der Waals surface area contributed by atoms with E-state index < -0.39 is 22.5 Å². The van der Waals surface area contributed by atoms with Crippen molar-refractivity contribution in [1.29, 1.82) is 0 Å². The Morgan fingerprint density at radius 1 is 0.969 bits per heavy atom. The van der Waals surface area contributed by atoms with Gasteiger partial charge in [-0.2, -0.15) is 5.10 Å². The van der Waals surface area contributed by atoms with E-state index in [0.717, 1.165) is 21.0 Å². The van der Waals surface area contributed by atoms with E-state index in [-0.39, 0.29) is 4.90 Å². The van der Waals surface area contributed by atoms with E-state index in [9.17, 15) is 13.2 Å². The first-order chi connectivity index (χ1) is 15.2. The molecule has 1 amide bonds. The standard InChI is InChI=1S/C24H24ClN3O3S/c1-17-8-14-22(15-9-17)32(30,31)28(23-7-5-4-6-18(23)2)16-24(29)27-26-19(3)20-10-12-21(25)13-11-20/h4-15H,16H2,1-3H3,(H,27,29)/b26-19+. The molecule has 0 aromatic heterocycles. The van der Waals surface area contributed by atoms with Crippen molar-refractivity contribution in [2.24, 2.45) is 5.10 Å². The highest BCUT2D eigenvalue weighted by atomic mass is 35.5. The summed E-state index contributed by atoms with van der Waals surface area (Å²) in [7, 11) is -3.97. The Balaban J connectivity index is 1.88. The normalized spacial score (nSPS) is 11.8. The average molecular weight is 470 g/mol. The van der Waals surface area contributed by atoms with Crippen LogP contribution in [-0.4, -0.2) is 26.6 Å². The van der Waals surface area contributed by atoms with Crippen LogP contribution in [0.4, 0.5) is 5.69 Å². The number of carbonyl (C=O) groups excluding carboxylic acids is 1. The Bertz CT molecular complexity index is 1240. The van der Waals surface area contributed by atoms with Crippen molar-refractivity contribution >= 4 is 38.9 Å². The molecule has 0 unspecified atom stereocenters. The number of nitrogens with one attached hydrogen (secondary N) is 1. The van der Waals surface area contributed by atoms with Gasteiger partial charge in [0.1, 0.15) is 6.54 Å². The zero-order valence-electron chi connectivity index (χ0n) is 18.0. The molecule has 3 aromatic rings. The summed E-state index contributed by atoms with van der Waals surface area (Å²) >= 11 is 5.90. The van der Waals surface area contributed by atoms with Crippen molar-refractivity contribution in [3.63, 3.8) is 0 Å². The highest BCUT2D eigenvalue weighted by molar-refractivity contribution is 7.92. The number of nitrogens with zero attached hydrogens (tertiary/aromatic N) is 2. The van der Waals surface area contributed by atoms with E-state index in [2.05, 4.69) is 10.5 Å². The number of carbonyl (C=O) groups is 1. The lowest BCUT2D eigenvalue weighted by Gasteiger charge is -2.25. The van der Waals surface area contributed by atoms with Crippen LogP contribution in [0.2, 0.25) is 5.02 Å². The average Bonchev–Trinajstić information content (AvgIpc) is 2.77. The van der Waals surface area contributed by atoms with Crippen LogP contribution in [0.5, 0.6) is 0 Å². The molecule has 0 aliphatic heterocycles. The van der Waals surface area contributed by atoms with Gasteiger partial charge in [-0.25, -0.2) is 13.8 Å². The van der Waals surface area contributed by atoms with Crippen LogP contribution in [0, 0.1) is 13.8 Å². The predicted molar refractivity (Wildman–Crippen MR) is 129 cm³/mol. The molecule has 0 heterocycles. The van der Waals surface area contributed by atoms with Gasteiger partial charge in [0.25, 0.3) is 15.9 Å². The van der Waals surface area contributed by atoms with Crippen LogP contribution in [0.15, 0.2) is 82.8 Å². The predicted octanol–water partition coefficient (Wildman–Crippen LogP) is 4.69. The van der Waals surface area contributed by atoms with Crippen LogP contribution in [0.25, 0.3) is 0 Å². The minimum absolute atomic E-state index is 0.111. The lowest BCUT2D eigenvalue weighted by atomic mass is 10.1. The van der Waals surface area contributed by atoms with Gasteiger partial charge in [-0.05, 0) is 62.2 Å². The van der Waals surface area contributed by atoms with Crippen LogP contribution >= 0.6 is 11.6 Å². The summed E-state index contributed by atoms with van der Waals surface area (Å²) in [5.41, 5.74) is 5.92. The maximum absolute atomic E-state index is 13.4. The molecule has 0 aliphatic rings. The fourth-order valence-electron chi connectivity index (χ4n) is 3.05. The fourth-order valence-corrected chi connectivity index (χ4v) is 4.66. The molecule has 0 bridgehead atoms. The Morgan fingerprint density at radius 3 is 2.22 bits per heavy atom. The molecule has 1 N–H and O–H groups in total. The van der Waals surface area contributed by atoms with Crippen molar-refractivity contribution in [2.75, 3.05) is 10.8 Å². The fraction of sp³-hybridized carbons (Fsp3) is 0.167. The van der Waals surface area contributed by atoms with Gasteiger partial charge in [0.15, 0.2) is 0 Å². The van der Waals surface area contributed by atoms with Crippen LogP contribution in [0.1, 0.15) is 23.6 Å². The lowest BCUT2D eigenvalue weighted by molar-refractivity contribution is -0.119. The molecule has 0 atom stereocenters. The molecular weight excluding hydrogens is 446 g/mol. The number of benzene rings is 3. The van der Waals surface area contributed by atoms with Crippen molar-refractivity contribution in [3.05, 3.63) is 94.5 Å². The molecule has 0 spiro atoms. The van der Waals surface area contributed by atoms with Gasteiger partial charge in [-0.1, -0.05) is 59.6 Å². The van der Waals surface area contributed by atoms with Crippen molar-refractivity contribution < 1.29 is 13.2 Å². The Labute approximate surface area is 193 Å².